The van der Waals surface area contributed by atoms with Gasteiger partial charge in [0, 0.05) is 30.4 Å². The number of fused-ring (bicyclic) bond motifs is 2. The number of allylic oxidation sites excluding steroid dienone is 2. The molecule has 3 unspecified atom stereocenters. The molecule has 0 aromatic heterocycles. The van der Waals surface area contributed by atoms with Crippen molar-refractivity contribution in [3.8, 4) is 11.5 Å². The van der Waals surface area contributed by atoms with Gasteiger partial charge in [-0.1, -0.05) is 26.8 Å². The second-order valence-corrected chi connectivity index (χ2v) is 8.69. The van der Waals surface area contributed by atoms with Crippen molar-refractivity contribution >= 4 is 23.1 Å². The summed E-state index contributed by atoms with van der Waals surface area (Å²) in [5.74, 6) is 2.20. The highest BCUT2D eigenvalue weighted by atomic mass is 16.7. The minimum Gasteiger partial charge on any atom is -0.454 e. The Morgan fingerprint density at radius 3 is 2.68 bits per heavy atom. The van der Waals surface area contributed by atoms with E-state index in [0.717, 1.165) is 24.0 Å². The molecule has 4 rings (SSSR count). The Bertz CT molecular complexity index is 976. The minimum atomic E-state index is -0.118. The van der Waals surface area contributed by atoms with Crippen molar-refractivity contribution in [3.05, 3.63) is 35.4 Å². The van der Waals surface area contributed by atoms with E-state index in [4.69, 9.17) is 19.5 Å². The van der Waals surface area contributed by atoms with Crippen LogP contribution in [0.5, 0.6) is 11.5 Å². The zero-order chi connectivity index (χ0) is 22.0. The number of benzene rings is 1. The maximum Gasteiger partial charge on any atom is 0.231 e. The Kier molecular flexibility index (Phi) is 6.35. The van der Waals surface area contributed by atoms with Gasteiger partial charge in [-0.25, -0.2) is 4.99 Å². The molecule has 3 atom stereocenters. The third-order valence-corrected chi connectivity index (χ3v) is 6.52. The Hall–Kier alpha value is -2.76. The first-order valence-electron chi connectivity index (χ1n) is 11.3. The molecule has 31 heavy (non-hydrogen) atoms. The third kappa shape index (κ3) is 4.48. The van der Waals surface area contributed by atoms with E-state index in [0.29, 0.717) is 48.9 Å². The predicted molar refractivity (Wildman–Crippen MR) is 120 cm³/mol. The molecule has 1 aliphatic carbocycles. The van der Waals surface area contributed by atoms with E-state index in [-0.39, 0.29) is 36.1 Å². The Balaban J connectivity index is 1.78. The fraction of sp³-hybridized carbons (Fsp3) is 0.520. The monoisotopic (exact) mass is 422 g/mol. The van der Waals surface area contributed by atoms with Crippen LogP contribution in [0.25, 0.3) is 0 Å². The van der Waals surface area contributed by atoms with Gasteiger partial charge >= 0.3 is 0 Å². The van der Waals surface area contributed by atoms with Gasteiger partial charge in [-0.2, -0.15) is 0 Å². The molecular formula is C25H30N2O4. The molecule has 2 heterocycles. The van der Waals surface area contributed by atoms with Crippen LogP contribution in [0.1, 0.15) is 58.4 Å². The molecule has 2 aliphatic heterocycles. The Morgan fingerprint density at radius 2 is 1.87 bits per heavy atom. The largest absolute Gasteiger partial charge is 0.454 e. The van der Waals surface area contributed by atoms with Crippen molar-refractivity contribution < 1.29 is 19.1 Å². The van der Waals surface area contributed by atoms with Crippen molar-refractivity contribution in [1.29, 1.82) is 0 Å². The topological polar surface area (TPSA) is 77.3 Å². The summed E-state index contributed by atoms with van der Waals surface area (Å²) in [4.78, 5) is 35.5. The number of Topliss-reactive ketones (excluding diaryl/α,β-unsaturated/α-hetero) is 2. The second-order valence-electron chi connectivity index (χ2n) is 8.69. The molecule has 6 nitrogen and oxygen atoms in total. The number of ether oxygens (including phenoxy) is 2. The van der Waals surface area contributed by atoms with Crippen LogP contribution >= 0.6 is 0 Å². The molecule has 164 valence electrons. The van der Waals surface area contributed by atoms with Crippen molar-refractivity contribution in [2.45, 2.75) is 52.9 Å². The average Bonchev–Trinajstić information content (AvgIpc) is 3.23. The average molecular weight is 423 g/mol. The summed E-state index contributed by atoms with van der Waals surface area (Å²) >= 11 is 0. The van der Waals surface area contributed by atoms with Crippen LogP contribution in [0.4, 0.5) is 0 Å². The van der Waals surface area contributed by atoms with Gasteiger partial charge in [0.1, 0.15) is 11.5 Å². The molecule has 0 N–H and O–H groups in total. The first-order chi connectivity index (χ1) is 15.0. The van der Waals surface area contributed by atoms with Crippen LogP contribution in [0.15, 0.2) is 39.8 Å². The maximum atomic E-state index is 13.3. The summed E-state index contributed by atoms with van der Waals surface area (Å²) in [5.41, 5.74) is 2.31. The molecule has 0 fully saturated rings. The van der Waals surface area contributed by atoms with Crippen LogP contribution in [0.2, 0.25) is 0 Å². The smallest absolute Gasteiger partial charge is 0.231 e. The third-order valence-electron chi connectivity index (χ3n) is 6.52. The van der Waals surface area contributed by atoms with Crippen LogP contribution in [-0.4, -0.2) is 36.5 Å². The van der Waals surface area contributed by atoms with Crippen LogP contribution in [0, 0.1) is 17.8 Å². The summed E-state index contributed by atoms with van der Waals surface area (Å²) < 4.78 is 10.9. The van der Waals surface area contributed by atoms with Crippen LogP contribution in [0.3, 0.4) is 0 Å². The number of hydrogen-bond acceptors (Lipinski definition) is 6. The number of amidine groups is 1. The van der Waals surface area contributed by atoms with Gasteiger partial charge < -0.3 is 9.47 Å². The van der Waals surface area contributed by atoms with Crippen LogP contribution < -0.4 is 9.47 Å². The first-order valence-corrected chi connectivity index (χ1v) is 11.3. The Morgan fingerprint density at radius 1 is 1.06 bits per heavy atom. The lowest BCUT2D eigenvalue weighted by Crippen LogP contribution is -2.29. The Labute approximate surface area is 183 Å². The number of carbonyl (C=O) groups is 2. The quantitative estimate of drug-likeness (QED) is 0.700. The van der Waals surface area contributed by atoms with Crippen molar-refractivity contribution in [3.63, 3.8) is 0 Å². The molecule has 0 radical (unpaired) electrons. The summed E-state index contributed by atoms with van der Waals surface area (Å²) in [6, 6.07) is 5.64. The van der Waals surface area contributed by atoms with Gasteiger partial charge in [0.25, 0.3) is 0 Å². The van der Waals surface area contributed by atoms with Gasteiger partial charge in [-0.05, 0) is 55.4 Å². The molecule has 0 amide bonds. The number of ketones is 2. The molecule has 1 aromatic carbocycles. The number of nitrogens with zero attached hydrogens (tertiary/aromatic N) is 2. The van der Waals surface area contributed by atoms with Crippen molar-refractivity contribution in [1.82, 2.24) is 0 Å². The van der Waals surface area contributed by atoms with E-state index in [2.05, 4.69) is 13.0 Å². The number of hydrogen-bond donors (Lipinski definition) is 0. The fourth-order valence-electron chi connectivity index (χ4n) is 4.50. The van der Waals surface area contributed by atoms with E-state index in [1.54, 1.807) is 0 Å². The molecule has 0 bridgehead atoms. The van der Waals surface area contributed by atoms with Gasteiger partial charge in [-0.3, -0.25) is 14.6 Å². The number of carbonyl (C=O) groups excluding carboxylic acids is 2. The fourth-order valence-corrected chi connectivity index (χ4v) is 4.50. The molecular weight excluding hydrogens is 392 g/mol. The van der Waals surface area contributed by atoms with E-state index >= 15 is 0 Å². The number of aliphatic imine (C=N–C) groups is 2. The summed E-state index contributed by atoms with van der Waals surface area (Å²) in [6.07, 6.45) is 5.36. The van der Waals surface area contributed by atoms with Gasteiger partial charge in [0.15, 0.2) is 23.1 Å². The maximum absolute atomic E-state index is 13.3. The zero-order valence-electron chi connectivity index (χ0n) is 18.5. The van der Waals surface area contributed by atoms with E-state index in [9.17, 15) is 9.59 Å². The highest BCUT2D eigenvalue weighted by Gasteiger charge is 2.29. The van der Waals surface area contributed by atoms with Crippen molar-refractivity contribution in [2.24, 2.45) is 27.7 Å². The SMILES string of the molecule is CCC1CCN=C(c2ccc3c(c2)OCO3)N=C2C(=O)CCC(C)C(=O)C(C)CC=C21. The number of rotatable bonds is 2. The van der Waals surface area contributed by atoms with Crippen molar-refractivity contribution in [2.75, 3.05) is 13.3 Å². The second kappa shape index (κ2) is 9.16. The summed E-state index contributed by atoms with van der Waals surface area (Å²) in [5, 5.41) is 0. The molecule has 6 heteroatoms. The van der Waals surface area contributed by atoms with Gasteiger partial charge in [0.05, 0.1) is 0 Å². The zero-order valence-corrected chi connectivity index (χ0v) is 18.5. The lowest BCUT2D eigenvalue weighted by Gasteiger charge is -2.25. The summed E-state index contributed by atoms with van der Waals surface area (Å²) in [7, 11) is 0. The molecule has 0 saturated carbocycles. The standard InChI is InChI=1S/C25H30N2O4/c1-4-17-11-12-26-25(18-7-10-21-22(13-18)31-14-30-21)27-23-19(17)8-5-15(2)24(29)16(3)6-9-20(23)28/h7-8,10,13,15-17H,4-6,9,11-12,14H2,1-3H3. The molecule has 1 aromatic rings. The lowest BCUT2D eigenvalue weighted by molar-refractivity contribution is -0.126. The van der Waals surface area contributed by atoms with E-state index < -0.39 is 0 Å². The summed E-state index contributed by atoms with van der Waals surface area (Å²) in [6.45, 7) is 6.88. The lowest BCUT2D eigenvalue weighted by atomic mass is 9.81. The van der Waals surface area contributed by atoms with Gasteiger partial charge in [-0.15, -0.1) is 0 Å². The van der Waals surface area contributed by atoms with E-state index in [1.165, 1.54) is 0 Å². The first kappa shape index (κ1) is 21.5. The normalized spacial score (nSPS) is 26.8. The highest BCUT2D eigenvalue weighted by molar-refractivity contribution is 6.48. The van der Waals surface area contributed by atoms with E-state index in [1.807, 2.05) is 32.0 Å². The van der Waals surface area contributed by atoms with Gasteiger partial charge in [0.2, 0.25) is 6.79 Å². The minimum absolute atomic E-state index is 0.00533. The molecule has 0 saturated heterocycles. The molecule has 0 spiro atoms. The highest BCUT2D eigenvalue weighted by Crippen LogP contribution is 2.34. The predicted octanol–water partition coefficient (Wildman–Crippen LogP) is 4.55. The van der Waals surface area contributed by atoms with Crippen LogP contribution in [-0.2, 0) is 9.59 Å². The molecule has 3 aliphatic rings.